The zero-order valence-corrected chi connectivity index (χ0v) is 13.3. The predicted molar refractivity (Wildman–Crippen MR) is 86.5 cm³/mol. The predicted octanol–water partition coefficient (Wildman–Crippen LogP) is 4.65. The molecule has 20 heavy (non-hydrogen) atoms. The molecule has 1 aromatic carbocycles. The molecule has 1 aromatic rings. The van der Waals surface area contributed by atoms with E-state index in [4.69, 9.17) is 0 Å². The number of aliphatic hydroxyl groups excluding tert-OH is 1. The topological polar surface area (TPSA) is 32.3 Å². The van der Waals surface area contributed by atoms with E-state index < -0.39 is 0 Å². The number of hydrogen-bond acceptors (Lipinski definition) is 2. The lowest BCUT2D eigenvalue weighted by Gasteiger charge is -2.32. The molecule has 1 aliphatic rings. The van der Waals surface area contributed by atoms with Gasteiger partial charge in [-0.05, 0) is 35.8 Å². The SMILES string of the molecule is CC(C)c1cccc(C(C)C)c1N[C@H]1CCCC[C@@H]1O. The molecule has 2 atom stereocenters. The van der Waals surface area contributed by atoms with E-state index in [1.165, 1.54) is 23.2 Å². The van der Waals surface area contributed by atoms with Gasteiger partial charge in [-0.2, -0.15) is 0 Å². The average Bonchev–Trinajstić information content (AvgIpc) is 2.41. The van der Waals surface area contributed by atoms with Crippen LogP contribution in [0.5, 0.6) is 0 Å². The second kappa shape index (κ2) is 6.62. The van der Waals surface area contributed by atoms with Crippen molar-refractivity contribution in [2.45, 2.75) is 77.4 Å². The fourth-order valence-electron chi connectivity index (χ4n) is 3.18. The molecule has 2 nitrogen and oxygen atoms in total. The first-order valence-corrected chi connectivity index (χ1v) is 8.08. The molecule has 1 fully saturated rings. The first-order chi connectivity index (χ1) is 9.50. The van der Waals surface area contributed by atoms with Gasteiger partial charge in [-0.3, -0.25) is 0 Å². The minimum absolute atomic E-state index is 0.205. The fraction of sp³-hybridized carbons (Fsp3) is 0.667. The summed E-state index contributed by atoms with van der Waals surface area (Å²) in [5, 5.41) is 13.9. The van der Waals surface area contributed by atoms with Crippen molar-refractivity contribution in [3.05, 3.63) is 29.3 Å². The summed E-state index contributed by atoms with van der Waals surface area (Å²) in [6.45, 7) is 8.95. The number of para-hydroxylation sites is 1. The molecule has 112 valence electrons. The molecule has 0 unspecified atom stereocenters. The average molecular weight is 275 g/mol. The Kier molecular flexibility index (Phi) is 5.09. The molecule has 0 amide bonds. The largest absolute Gasteiger partial charge is 0.391 e. The molecule has 0 aromatic heterocycles. The maximum absolute atomic E-state index is 10.2. The Hall–Kier alpha value is -1.02. The Bertz CT molecular complexity index is 413. The number of benzene rings is 1. The molecule has 1 saturated carbocycles. The van der Waals surface area contributed by atoms with Crippen LogP contribution in [-0.2, 0) is 0 Å². The van der Waals surface area contributed by atoms with Crippen LogP contribution in [0.4, 0.5) is 5.69 Å². The van der Waals surface area contributed by atoms with E-state index >= 15 is 0 Å². The van der Waals surface area contributed by atoms with Crippen molar-refractivity contribution < 1.29 is 5.11 Å². The monoisotopic (exact) mass is 275 g/mol. The van der Waals surface area contributed by atoms with E-state index in [-0.39, 0.29) is 12.1 Å². The van der Waals surface area contributed by atoms with Crippen LogP contribution in [0.25, 0.3) is 0 Å². The Balaban J connectivity index is 2.32. The molecule has 2 heteroatoms. The van der Waals surface area contributed by atoms with E-state index in [0.717, 1.165) is 19.3 Å². The summed E-state index contributed by atoms with van der Waals surface area (Å²) < 4.78 is 0. The van der Waals surface area contributed by atoms with Crippen molar-refractivity contribution in [1.82, 2.24) is 0 Å². The highest BCUT2D eigenvalue weighted by Crippen LogP contribution is 2.34. The molecule has 0 radical (unpaired) electrons. The molecular formula is C18H29NO. The van der Waals surface area contributed by atoms with Crippen LogP contribution in [-0.4, -0.2) is 17.3 Å². The second-order valence-corrected chi connectivity index (χ2v) is 6.72. The molecule has 2 N–H and O–H groups in total. The Morgan fingerprint density at radius 2 is 1.55 bits per heavy atom. The maximum Gasteiger partial charge on any atom is 0.0741 e. The van der Waals surface area contributed by atoms with Crippen molar-refractivity contribution in [3.63, 3.8) is 0 Å². The van der Waals surface area contributed by atoms with Gasteiger partial charge in [0.25, 0.3) is 0 Å². The minimum Gasteiger partial charge on any atom is -0.391 e. The van der Waals surface area contributed by atoms with Crippen molar-refractivity contribution in [2.24, 2.45) is 0 Å². The van der Waals surface area contributed by atoms with Gasteiger partial charge in [-0.15, -0.1) is 0 Å². The van der Waals surface area contributed by atoms with Crippen LogP contribution >= 0.6 is 0 Å². The summed E-state index contributed by atoms with van der Waals surface area (Å²) in [6.07, 6.45) is 4.17. The molecule has 0 heterocycles. The second-order valence-electron chi connectivity index (χ2n) is 6.72. The maximum atomic E-state index is 10.2. The fourth-order valence-corrected chi connectivity index (χ4v) is 3.18. The number of anilines is 1. The van der Waals surface area contributed by atoms with Crippen LogP contribution in [0, 0.1) is 0 Å². The molecule has 0 spiro atoms. The molecule has 0 bridgehead atoms. The van der Waals surface area contributed by atoms with Crippen molar-refractivity contribution in [2.75, 3.05) is 5.32 Å². The molecule has 0 saturated heterocycles. The lowest BCUT2D eigenvalue weighted by atomic mass is 9.89. The van der Waals surface area contributed by atoms with Gasteiger partial charge >= 0.3 is 0 Å². The van der Waals surface area contributed by atoms with Crippen LogP contribution < -0.4 is 5.32 Å². The van der Waals surface area contributed by atoms with Gasteiger partial charge in [0.05, 0.1) is 12.1 Å². The number of hydrogen-bond donors (Lipinski definition) is 2. The molecule has 0 aliphatic heterocycles. The highest BCUT2D eigenvalue weighted by molar-refractivity contribution is 5.60. The first-order valence-electron chi connectivity index (χ1n) is 8.08. The smallest absolute Gasteiger partial charge is 0.0741 e. The third-order valence-corrected chi connectivity index (χ3v) is 4.43. The van der Waals surface area contributed by atoms with E-state index in [1.54, 1.807) is 0 Å². The first kappa shape index (κ1) is 15.4. The van der Waals surface area contributed by atoms with Crippen LogP contribution in [0.3, 0.4) is 0 Å². The van der Waals surface area contributed by atoms with Gasteiger partial charge < -0.3 is 10.4 Å². The summed E-state index contributed by atoms with van der Waals surface area (Å²) in [7, 11) is 0. The summed E-state index contributed by atoms with van der Waals surface area (Å²) in [4.78, 5) is 0. The van der Waals surface area contributed by atoms with E-state index in [1.807, 2.05) is 0 Å². The van der Waals surface area contributed by atoms with Crippen molar-refractivity contribution in [1.29, 1.82) is 0 Å². The zero-order valence-electron chi connectivity index (χ0n) is 13.3. The van der Waals surface area contributed by atoms with Gasteiger partial charge in [0, 0.05) is 5.69 Å². The van der Waals surface area contributed by atoms with E-state index in [9.17, 15) is 5.11 Å². The van der Waals surface area contributed by atoms with Crippen LogP contribution in [0.2, 0.25) is 0 Å². The molecule has 1 aliphatic carbocycles. The van der Waals surface area contributed by atoms with Gasteiger partial charge in [0.15, 0.2) is 0 Å². The lowest BCUT2D eigenvalue weighted by molar-refractivity contribution is 0.116. The standard InChI is InChI=1S/C18H29NO/c1-12(2)14-8-7-9-15(13(3)4)18(14)19-16-10-5-6-11-17(16)20/h7-9,12-13,16-17,19-20H,5-6,10-11H2,1-4H3/t16-,17-/m0/s1. The summed E-state index contributed by atoms with van der Waals surface area (Å²) >= 11 is 0. The number of aliphatic hydroxyl groups is 1. The molecular weight excluding hydrogens is 246 g/mol. The third-order valence-electron chi connectivity index (χ3n) is 4.43. The minimum atomic E-state index is -0.205. The van der Waals surface area contributed by atoms with Gasteiger partial charge in [0.1, 0.15) is 0 Å². The molecule has 2 rings (SSSR count). The number of rotatable bonds is 4. The Morgan fingerprint density at radius 3 is 2.05 bits per heavy atom. The summed E-state index contributed by atoms with van der Waals surface area (Å²) in [5.74, 6) is 0.994. The lowest BCUT2D eigenvalue weighted by Crippen LogP contribution is -2.37. The number of nitrogens with one attached hydrogen (secondary N) is 1. The van der Waals surface area contributed by atoms with Gasteiger partial charge in [0.2, 0.25) is 0 Å². The van der Waals surface area contributed by atoms with Gasteiger partial charge in [-0.1, -0.05) is 58.7 Å². The normalized spacial score (nSPS) is 23.4. The highest BCUT2D eigenvalue weighted by atomic mass is 16.3. The van der Waals surface area contributed by atoms with E-state index in [2.05, 4.69) is 51.2 Å². The quantitative estimate of drug-likeness (QED) is 0.838. The van der Waals surface area contributed by atoms with Crippen molar-refractivity contribution >= 4 is 5.69 Å². The Morgan fingerprint density at radius 1 is 1.00 bits per heavy atom. The van der Waals surface area contributed by atoms with Crippen LogP contribution in [0.1, 0.15) is 76.3 Å². The van der Waals surface area contributed by atoms with Crippen LogP contribution in [0.15, 0.2) is 18.2 Å². The third kappa shape index (κ3) is 3.35. The Labute approximate surface area is 123 Å². The van der Waals surface area contributed by atoms with E-state index in [0.29, 0.717) is 11.8 Å². The van der Waals surface area contributed by atoms with Crippen molar-refractivity contribution in [3.8, 4) is 0 Å². The summed E-state index contributed by atoms with van der Waals surface area (Å²) in [6, 6.07) is 6.80. The highest BCUT2D eigenvalue weighted by Gasteiger charge is 2.25. The zero-order chi connectivity index (χ0) is 14.7. The van der Waals surface area contributed by atoms with Gasteiger partial charge in [-0.25, -0.2) is 0 Å². The summed E-state index contributed by atoms with van der Waals surface area (Å²) in [5.41, 5.74) is 4.01.